The highest BCUT2D eigenvalue weighted by Crippen LogP contribution is 2.30. The summed E-state index contributed by atoms with van der Waals surface area (Å²) in [4.78, 5) is 17.8. The summed E-state index contributed by atoms with van der Waals surface area (Å²) in [5.41, 5.74) is 1.13. The van der Waals surface area contributed by atoms with Crippen molar-refractivity contribution >= 4 is 16.8 Å². The normalized spacial score (nSPS) is 25.2. The van der Waals surface area contributed by atoms with Crippen LogP contribution in [0, 0.1) is 5.82 Å². The number of nitrogens with one attached hydrogen (secondary N) is 1. The molecule has 2 aliphatic rings. The third-order valence-electron chi connectivity index (χ3n) is 4.83. The number of rotatable bonds is 1. The number of carbonyl (C=O) groups is 1. The lowest BCUT2D eigenvalue weighted by Gasteiger charge is -2.43. The molecule has 1 saturated carbocycles. The average molecular weight is 302 g/mol. The van der Waals surface area contributed by atoms with Crippen molar-refractivity contribution in [2.45, 2.75) is 37.8 Å². The van der Waals surface area contributed by atoms with Crippen LogP contribution in [0.4, 0.5) is 4.39 Å². The molecule has 1 aromatic heterocycles. The van der Waals surface area contributed by atoms with Gasteiger partial charge in [-0.3, -0.25) is 4.79 Å². The van der Waals surface area contributed by atoms with Crippen LogP contribution in [0.5, 0.6) is 0 Å². The van der Waals surface area contributed by atoms with Crippen molar-refractivity contribution in [1.29, 1.82) is 0 Å². The molecule has 2 atom stereocenters. The summed E-state index contributed by atoms with van der Waals surface area (Å²) in [6.07, 6.45) is 4.48. The zero-order chi connectivity index (χ0) is 15.1. The number of H-pyrrole nitrogens is 1. The number of hydrogen-bond acceptors (Lipinski definition) is 2. The Labute approximate surface area is 128 Å². The topological polar surface area (TPSA) is 45.3 Å². The number of fused-ring (bicyclic) bond motifs is 2. The molecule has 1 aliphatic heterocycles. The number of nitrogens with zero attached hydrogens (tertiary/aromatic N) is 1. The van der Waals surface area contributed by atoms with Gasteiger partial charge in [0.2, 0.25) is 0 Å². The van der Waals surface area contributed by atoms with E-state index in [1.165, 1.54) is 12.5 Å². The van der Waals surface area contributed by atoms with Crippen LogP contribution in [0.15, 0.2) is 24.3 Å². The molecule has 2 heterocycles. The SMILES string of the molecule is O=C(c1cc2c(F)cccc2[nH]1)N1CCO[C@H]2CCCC[C@H]21. The highest BCUT2D eigenvalue weighted by Gasteiger charge is 2.37. The predicted molar refractivity (Wildman–Crippen MR) is 81.3 cm³/mol. The number of ether oxygens (including phenoxy) is 1. The van der Waals surface area contributed by atoms with Crippen LogP contribution in [0.2, 0.25) is 0 Å². The Balaban J connectivity index is 1.65. The van der Waals surface area contributed by atoms with Crippen LogP contribution in [0.25, 0.3) is 10.9 Å². The first-order valence-electron chi connectivity index (χ1n) is 7.94. The van der Waals surface area contributed by atoms with Gasteiger partial charge in [0.1, 0.15) is 11.5 Å². The number of aromatic amines is 1. The molecule has 4 nitrogen and oxygen atoms in total. The van der Waals surface area contributed by atoms with E-state index in [0.29, 0.717) is 29.7 Å². The minimum absolute atomic E-state index is 0.0456. The summed E-state index contributed by atoms with van der Waals surface area (Å²) in [6.45, 7) is 1.19. The van der Waals surface area contributed by atoms with E-state index in [1.807, 2.05) is 4.90 Å². The molecule has 2 aromatic rings. The maximum Gasteiger partial charge on any atom is 0.270 e. The molecule has 1 aliphatic carbocycles. The Hall–Kier alpha value is -1.88. The largest absolute Gasteiger partial charge is 0.374 e. The summed E-state index contributed by atoms with van der Waals surface area (Å²) >= 11 is 0. The lowest BCUT2D eigenvalue weighted by molar-refractivity contribution is -0.0754. The van der Waals surface area contributed by atoms with Gasteiger partial charge in [0.15, 0.2) is 0 Å². The van der Waals surface area contributed by atoms with E-state index in [2.05, 4.69) is 4.98 Å². The molecular formula is C17H19FN2O2. The number of benzene rings is 1. The molecular weight excluding hydrogens is 283 g/mol. The number of hydrogen-bond donors (Lipinski definition) is 1. The van der Waals surface area contributed by atoms with E-state index in [-0.39, 0.29) is 23.9 Å². The molecule has 0 unspecified atom stereocenters. The van der Waals surface area contributed by atoms with Crippen molar-refractivity contribution in [1.82, 2.24) is 9.88 Å². The highest BCUT2D eigenvalue weighted by atomic mass is 19.1. The maximum atomic E-state index is 13.8. The summed E-state index contributed by atoms with van der Waals surface area (Å²) in [5.74, 6) is -0.346. The molecule has 22 heavy (non-hydrogen) atoms. The summed E-state index contributed by atoms with van der Waals surface area (Å²) in [6, 6.07) is 6.63. The highest BCUT2D eigenvalue weighted by molar-refractivity contribution is 5.98. The zero-order valence-electron chi connectivity index (χ0n) is 12.3. The first kappa shape index (κ1) is 13.8. The molecule has 1 aromatic carbocycles. The molecule has 116 valence electrons. The second kappa shape index (κ2) is 5.39. The molecule has 1 saturated heterocycles. The maximum absolute atomic E-state index is 13.8. The molecule has 5 heteroatoms. The van der Waals surface area contributed by atoms with Gasteiger partial charge in [0.05, 0.1) is 18.8 Å². The minimum Gasteiger partial charge on any atom is -0.374 e. The summed E-state index contributed by atoms with van der Waals surface area (Å²) in [7, 11) is 0. The molecule has 2 fully saturated rings. The van der Waals surface area contributed by atoms with Crippen molar-refractivity contribution in [2.75, 3.05) is 13.2 Å². The first-order valence-corrected chi connectivity index (χ1v) is 7.94. The van der Waals surface area contributed by atoms with Gasteiger partial charge in [-0.1, -0.05) is 18.9 Å². The van der Waals surface area contributed by atoms with Crippen molar-refractivity contribution in [2.24, 2.45) is 0 Å². The molecule has 0 radical (unpaired) electrons. The van der Waals surface area contributed by atoms with Gasteiger partial charge in [-0.2, -0.15) is 0 Å². The number of halogens is 1. The van der Waals surface area contributed by atoms with Gasteiger partial charge in [0.25, 0.3) is 5.91 Å². The van der Waals surface area contributed by atoms with E-state index in [4.69, 9.17) is 4.74 Å². The van der Waals surface area contributed by atoms with Crippen molar-refractivity contribution in [3.05, 3.63) is 35.8 Å². The second-order valence-corrected chi connectivity index (χ2v) is 6.14. The van der Waals surface area contributed by atoms with Crippen molar-refractivity contribution in [3.63, 3.8) is 0 Å². The fraction of sp³-hybridized carbons (Fsp3) is 0.471. The number of amides is 1. The van der Waals surface area contributed by atoms with Crippen LogP contribution >= 0.6 is 0 Å². The van der Waals surface area contributed by atoms with Gasteiger partial charge in [-0.25, -0.2) is 4.39 Å². The van der Waals surface area contributed by atoms with Crippen LogP contribution in [-0.4, -0.2) is 41.1 Å². The Morgan fingerprint density at radius 2 is 2.18 bits per heavy atom. The molecule has 0 bridgehead atoms. The van der Waals surface area contributed by atoms with E-state index >= 15 is 0 Å². The van der Waals surface area contributed by atoms with E-state index in [0.717, 1.165) is 19.3 Å². The van der Waals surface area contributed by atoms with E-state index in [1.54, 1.807) is 18.2 Å². The van der Waals surface area contributed by atoms with Crippen LogP contribution in [0.3, 0.4) is 0 Å². The van der Waals surface area contributed by atoms with Crippen molar-refractivity contribution in [3.8, 4) is 0 Å². The standard InChI is InChI=1S/C17H19FN2O2/c18-12-4-3-5-13-11(12)10-14(19-13)17(21)20-8-9-22-16-7-2-1-6-15(16)20/h3-5,10,15-16,19H,1-2,6-9H2/t15-,16+/m1/s1. The Morgan fingerprint density at radius 1 is 1.32 bits per heavy atom. The molecule has 4 rings (SSSR count). The lowest BCUT2D eigenvalue weighted by Crippen LogP contribution is -2.54. The minimum atomic E-state index is -0.301. The van der Waals surface area contributed by atoms with Crippen LogP contribution < -0.4 is 0 Å². The van der Waals surface area contributed by atoms with Gasteiger partial charge in [-0.15, -0.1) is 0 Å². The Bertz CT molecular complexity index is 710. The number of carbonyl (C=O) groups excluding carboxylic acids is 1. The van der Waals surface area contributed by atoms with E-state index in [9.17, 15) is 9.18 Å². The zero-order valence-corrected chi connectivity index (χ0v) is 12.3. The fourth-order valence-electron chi connectivity index (χ4n) is 3.74. The summed E-state index contributed by atoms with van der Waals surface area (Å²) in [5, 5.41) is 0.472. The lowest BCUT2D eigenvalue weighted by atomic mass is 9.90. The van der Waals surface area contributed by atoms with E-state index < -0.39 is 0 Å². The number of aromatic nitrogens is 1. The third kappa shape index (κ3) is 2.20. The van der Waals surface area contributed by atoms with Crippen LogP contribution in [-0.2, 0) is 4.74 Å². The van der Waals surface area contributed by atoms with Gasteiger partial charge < -0.3 is 14.6 Å². The molecule has 1 amide bonds. The monoisotopic (exact) mass is 302 g/mol. The fourth-order valence-corrected chi connectivity index (χ4v) is 3.74. The number of morpholine rings is 1. The molecule has 1 N–H and O–H groups in total. The quantitative estimate of drug-likeness (QED) is 0.880. The predicted octanol–water partition coefficient (Wildman–Crippen LogP) is 3.09. The third-order valence-corrected chi connectivity index (χ3v) is 4.83. The Kier molecular flexibility index (Phi) is 3.37. The van der Waals surface area contributed by atoms with Gasteiger partial charge >= 0.3 is 0 Å². The van der Waals surface area contributed by atoms with Crippen molar-refractivity contribution < 1.29 is 13.9 Å². The Morgan fingerprint density at radius 3 is 3.05 bits per heavy atom. The van der Waals surface area contributed by atoms with Gasteiger partial charge in [-0.05, 0) is 31.0 Å². The first-order chi connectivity index (χ1) is 10.7. The smallest absolute Gasteiger partial charge is 0.270 e. The second-order valence-electron chi connectivity index (χ2n) is 6.14. The van der Waals surface area contributed by atoms with Gasteiger partial charge in [0, 0.05) is 17.4 Å². The molecule has 0 spiro atoms. The average Bonchev–Trinajstić information content (AvgIpc) is 2.99. The van der Waals surface area contributed by atoms with Crippen LogP contribution in [0.1, 0.15) is 36.2 Å². The summed E-state index contributed by atoms with van der Waals surface area (Å²) < 4.78 is 19.6.